The third-order valence-electron chi connectivity index (χ3n) is 4.47. The molecule has 1 aromatic carbocycles. The Kier molecular flexibility index (Phi) is 5.28. The van der Waals surface area contributed by atoms with Gasteiger partial charge in [-0.05, 0) is 18.6 Å². The molecular formula is C16H22N2O3S2. The van der Waals surface area contributed by atoms with Gasteiger partial charge in [0.15, 0.2) is 9.84 Å². The summed E-state index contributed by atoms with van der Waals surface area (Å²) in [6.45, 7) is 3.15. The first-order chi connectivity index (χ1) is 11.1. The lowest BCUT2D eigenvalue weighted by Crippen LogP contribution is -2.43. The van der Waals surface area contributed by atoms with E-state index in [1.807, 2.05) is 11.8 Å². The van der Waals surface area contributed by atoms with E-state index < -0.39 is 15.1 Å². The third kappa shape index (κ3) is 3.89. The van der Waals surface area contributed by atoms with Gasteiger partial charge in [0.2, 0.25) is 5.91 Å². The van der Waals surface area contributed by atoms with Crippen molar-refractivity contribution in [3.05, 3.63) is 30.3 Å². The molecule has 23 heavy (non-hydrogen) atoms. The predicted octanol–water partition coefficient (Wildman–Crippen LogP) is 1.11. The van der Waals surface area contributed by atoms with Crippen molar-refractivity contribution in [2.24, 2.45) is 0 Å². The van der Waals surface area contributed by atoms with Crippen molar-refractivity contribution in [1.82, 2.24) is 9.80 Å². The smallest absolute Gasteiger partial charge is 0.236 e. The van der Waals surface area contributed by atoms with Crippen LogP contribution in [0.15, 0.2) is 35.2 Å². The van der Waals surface area contributed by atoms with E-state index in [1.54, 1.807) is 35.2 Å². The highest BCUT2D eigenvalue weighted by Gasteiger charge is 2.36. The average Bonchev–Trinajstić information content (AvgIpc) is 3.07. The van der Waals surface area contributed by atoms with E-state index in [0.717, 1.165) is 24.6 Å². The number of carbonyl (C=O) groups is 1. The molecule has 5 nitrogen and oxygen atoms in total. The minimum absolute atomic E-state index is 0.0580. The standard InChI is InChI=1S/C16H22N2O3S2/c19-16(13-17-8-10-22-11-9-17)18-7-6-15(12-18)23(20,21)14-4-2-1-3-5-14/h1-5,15H,6-13H2/t15-/m1/s1. The quantitative estimate of drug-likeness (QED) is 0.811. The molecule has 0 aromatic heterocycles. The summed E-state index contributed by atoms with van der Waals surface area (Å²) >= 11 is 1.91. The van der Waals surface area contributed by atoms with Crippen LogP contribution >= 0.6 is 11.8 Å². The van der Waals surface area contributed by atoms with E-state index in [9.17, 15) is 13.2 Å². The van der Waals surface area contributed by atoms with Crippen molar-refractivity contribution in [2.75, 3.05) is 44.2 Å². The molecule has 3 rings (SSSR count). The first kappa shape index (κ1) is 16.8. The summed E-state index contributed by atoms with van der Waals surface area (Å²) in [4.78, 5) is 16.6. The zero-order valence-corrected chi connectivity index (χ0v) is 14.7. The topological polar surface area (TPSA) is 57.7 Å². The SMILES string of the molecule is O=C(CN1CCSCC1)N1CC[C@@H](S(=O)(=O)c2ccccc2)C1. The molecule has 1 aromatic rings. The summed E-state index contributed by atoms with van der Waals surface area (Å²) in [5.74, 6) is 2.19. The number of rotatable bonds is 4. The molecule has 2 aliphatic rings. The lowest BCUT2D eigenvalue weighted by atomic mass is 10.4. The maximum absolute atomic E-state index is 12.6. The van der Waals surface area contributed by atoms with E-state index >= 15 is 0 Å². The van der Waals surface area contributed by atoms with Crippen LogP contribution in [0.1, 0.15) is 6.42 Å². The lowest BCUT2D eigenvalue weighted by Gasteiger charge is -2.27. The monoisotopic (exact) mass is 354 g/mol. The Hall–Kier alpha value is -1.05. The molecule has 0 bridgehead atoms. The van der Waals surface area contributed by atoms with E-state index in [0.29, 0.717) is 31.0 Å². The first-order valence-corrected chi connectivity index (χ1v) is 10.6. The molecule has 0 saturated carbocycles. The van der Waals surface area contributed by atoms with Crippen LogP contribution in [0, 0.1) is 0 Å². The van der Waals surface area contributed by atoms with Gasteiger partial charge in [-0.3, -0.25) is 9.69 Å². The number of likely N-dealkylation sites (tertiary alicyclic amines) is 1. The number of hydrogen-bond donors (Lipinski definition) is 0. The number of amides is 1. The van der Waals surface area contributed by atoms with Gasteiger partial charge >= 0.3 is 0 Å². The number of benzene rings is 1. The highest BCUT2D eigenvalue weighted by molar-refractivity contribution is 7.99. The van der Waals surface area contributed by atoms with E-state index in [4.69, 9.17) is 0 Å². The molecule has 1 amide bonds. The van der Waals surface area contributed by atoms with Crippen molar-refractivity contribution >= 4 is 27.5 Å². The maximum Gasteiger partial charge on any atom is 0.236 e. The number of sulfone groups is 1. The summed E-state index contributed by atoms with van der Waals surface area (Å²) in [6, 6.07) is 8.54. The zero-order valence-electron chi connectivity index (χ0n) is 13.1. The Balaban J connectivity index is 1.60. The Morgan fingerprint density at radius 2 is 1.83 bits per heavy atom. The van der Waals surface area contributed by atoms with Crippen LogP contribution in [0.2, 0.25) is 0 Å². The van der Waals surface area contributed by atoms with Gasteiger partial charge < -0.3 is 4.90 Å². The minimum atomic E-state index is -3.35. The second kappa shape index (κ2) is 7.23. The van der Waals surface area contributed by atoms with Crippen LogP contribution in [0.4, 0.5) is 0 Å². The largest absolute Gasteiger partial charge is 0.340 e. The van der Waals surface area contributed by atoms with Gasteiger partial charge in [-0.2, -0.15) is 11.8 Å². The second-order valence-corrected chi connectivity index (χ2v) is 9.45. The van der Waals surface area contributed by atoms with Crippen LogP contribution in [0.25, 0.3) is 0 Å². The highest BCUT2D eigenvalue weighted by Crippen LogP contribution is 2.24. The molecule has 2 heterocycles. The molecule has 126 valence electrons. The van der Waals surface area contributed by atoms with E-state index in [2.05, 4.69) is 4.90 Å². The van der Waals surface area contributed by atoms with Crippen LogP contribution in [0.5, 0.6) is 0 Å². The van der Waals surface area contributed by atoms with Gasteiger partial charge in [0.1, 0.15) is 0 Å². The van der Waals surface area contributed by atoms with Gasteiger partial charge in [0, 0.05) is 37.7 Å². The Morgan fingerprint density at radius 1 is 1.13 bits per heavy atom. The van der Waals surface area contributed by atoms with E-state index in [1.165, 1.54) is 0 Å². The maximum atomic E-state index is 12.6. The fourth-order valence-electron chi connectivity index (χ4n) is 3.06. The molecular weight excluding hydrogens is 332 g/mol. The number of nitrogens with zero attached hydrogens (tertiary/aromatic N) is 2. The molecule has 1 atom stereocenters. The lowest BCUT2D eigenvalue weighted by molar-refractivity contribution is -0.131. The van der Waals surface area contributed by atoms with Crippen LogP contribution < -0.4 is 0 Å². The Bertz CT molecular complexity index is 643. The Labute approximate surface area is 141 Å². The average molecular weight is 354 g/mol. The molecule has 7 heteroatoms. The minimum Gasteiger partial charge on any atom is -0.340 e. The normalized spacial score (nSPS) is 23.1. The zero-order chi connectivity index (χ0) is 16.3. The van der Waals surface area contributed by atoms with Gasteiger partial charge in [-0.15, -0.1) is 0 Å². The van der Waals surface area contributed by atoms with Gasteiger partial charge in [-0.1, -0.05) is 18.2 Å². The van der Waals surface area contributed by atoms with Crippen LogP contribution in [-0.2, 0) is 14.6 Å². The molecule has 2 saturated heterocycles. The fraction of sp³-hybridized carbons (Fsp3) is 0.562. The third-order valence-corrected chi connectivity index (χ3v) is 7.61. The highest BCUT2D eigenvalue weighted by atomic mass is 32.2. The number of hydrogen-bond acceptors (Lipinski definition) is 5. The molecule has 0 spiro atoms. The summed E-state index contributed by atoms with van der Waals surface area (Å²) in [6.07, 6.45) is 0.527. The number of carbonyl (C=O) groups excluding carboxylic acids is 1. The van der Waals surface area contributed by atoms with E-state index in [-0.39, 0.29) is 5.91 Å². The first-order valence-electron chi connectivity index (χ1n) is 7.94. The van der Waals surface area contributed by atoms with Gasteiger partial charge in [0.05, 0.1) is 16.7 Å². The summed E-state index contributed by atoms with van der Waals surface area (Å²) in [5.41, 5.74) is 0. The van der Waals surface area contributed by atoms with Crippen molar-refractivity contribution < 1.29 is 13.2 Å². The van der Waals surface area contributed by atoms with Crippen LogP contribution in [0.3, 0.4) is 0 Å². The summed E-state index contributed by atoms with van der Waals surface area (Å²) in [5, 5.41) is -0.481. The van der Waals surface area contributed by atoms with Crippen molar-refractivity contribution in [3.8, 4) is 0 Å². The molecule has 2 aliphatic heterocycles. The van der Waals surface area contributed by atoms with Crippen molar-refractivity contribution in [1.29, 1.82) is 0 Å². The fourth-order valence-corrected chi connectivity index (χ4v) is 5.75. The molecule has 2 fully saturated rings. The molecule has 0 unspecified atom stereocenters. The number of thioether (sulfide) groups is 1. The van der Waals surface area contributed by atoms with Gasteiger partial charge in [0.25, 0.3) is 0 Å². The van der Waals surface area contributed by atoms with Crippen LogP contribution in [-0.4, -0.2) is 73.6 Å². The molecule has 0 radical (unpaired) electrons. The van der Waals surface area contributed by atoms with Gasteiger partial charge in [-0.25, -0.2) is 8.42 Å². The summed E-state index contributed by atoms with van der Waals surface area (Å²) < 4.78 is 25.3. The predicted molar refractivity (Wildman–Crippen MR) is 92.4 cm³/mol. The summed E-state index contributed by atoms with van der Waals surface area (Å²) in [7, 11) is -3.35. The van der Waals surface area contributed by atoms with Crippen molar-refractivity contribution in [2.45, 2.75) is 16.6 Å². The van der Waals surface area contributed by atoms with Crippen molar-refractivity contribution in [3.63, 3.8) is 0 Å². The second-order valence-electron chi connectivity index (χ2n) is 6.00. The Morgan fingerprint density at radius 3 is 2.52 bits per heavy atom. The molecule has 0 aliphatic carbocycles. The molecule has 0 N–H and O–H groups in total.